The van der Waals surface area contributed by atoms with Gasteiger partial charge >= 0.3 is 5.97 Å². The van der Waals surface area contributed by atoms with Crippen LogP contribution in [0.2, 0.25) is 0 Å². The Bertz CT molecular complexity index is 742. The number of benzene rings is 1. The lowest BCUT2D eigenvalue weighted by Gasteiger charge is -2.25. The van der Waals surface area contributed by atoms with E-state index >= 15 is 0 Å². The first-order valence-electron chi connectivity index (χ1n) is 11.0. The summed E-state index contributed by atoms with van der Waals surface area (Å²) in [7, 11) is 1.30. The minimum absolute atomic E-state index is 0. The molecule has 0 saturated carbocycles. The van der Waals surface area contributed by atoms with Gasteiger partial charge in [0, 0.05) is 0 Å². The van der Waals surface area contributed by atoms with Crippen LogP contribution in [0.1, 0.15) is 51.5 Å². The van der Waals surface area contributed by atoms with E-state index in [1.54, 1.807) is 0 Å². The zero-order valence-corrected chi connectivity index (χ0v) is 19.9. The van der Waals surface area contributed by atoms with Crippen LogP contribution in [-0.4, -0.2) is 49.6 Å². The highest BCUT2D eigenvalue weighted by Crippen LogP contribution is 2.15. The summed E-state index contributed by atoms with van der Waals surface area (Å²) in [6, 6.07) is 5.18. The van der Waals surface area contributed by atoms with Crippen molar-refractivity contribution in [1.82, 2.24) is 10.6 Å². The second kappa shape index (κ2) is 14.0. The number of carbonyl (C=O) groups is 3. The van der Waals surface area contributed by atoms with Crippen molar-refractivity contribution in [3.8, 4) is 5.75 Å². The number of amides is 2. The summed E-state index contributed by atoms with van der Waals surface area (Å²) in [5, 5.41) is 5.53. The van der Waals surface area contributed by atoms with Crippen molar-refractivity contribution in [3.63, 3.8) is 0 Å². The summed E-state index contributed by atoms with van der Waals surface area (Å²) in [5.41, 5.74) is 7.01. The third-order valence-electron chi connectivity index (χ3n) is 5.26. The van der Waals surface area contributed by atoms with Crippen molar-refractivity contribution < 1.29 is 23.9 Å². The number of hydrogen-bond acceptors (Lipinski definition) is 6. The van der Waals surface area contributed by atoms with Gasteiger partial charge in [-0.25, -0.2) is 4.79 Å². The van der Waals surface area contributed by atoms with E-state index in [4.69, 9.17) is 15.2 Å². The first kappa shape index (κ1) is 27.7. The Morgan fingerprint density at radius 3 is 2.44 bits per heavy atom. The van der Waals surface area contributed by atoms with Crippen LogP contribution in [0.3, 0.4) is 0 Å². The quantitative estimate of drug-likeness (QED) is 0.583. The molecule has 2 heterocycles. The lowest BCUT2D eigenvalue weighted by atomic mass is 10.0. The molecule has 2 aliphatic heterocycles. The Balaban J connectivity index is 0.00000512. The number of carbonyl (C=O) groups excluding carboxylic acids is 3. The van der Waals surface area contributed by atoms with E-state index < -0.39 is 35.9 Å². The zero-order chi connectivity index (χ0) is 22.8. The van der Waals surface area contributed by atoms with Gasteiger partial charge in [0.1, 0.15) is 17.8 Å². The maximum Gasteiger partial charge on any atom is 0.328 e. The molecule has 3 atom stereocenters. The van der Waals surface area contributed by atoms with E-state index in [9.17, 15) is 14.4 Å². The summed E-state index contributed by atoms with van der Waals surface area (Å²) in [6.07, 6.45) is 3.64. The Morgan fingerprint density at radius 1 is 1.12 bits per heavy atom. The van der Waals surface area contributed by atoms with Crippen molar-refractivity contribution in [2.75, 3.05) is 13.7 Å². The molecule has 180 valence electrons. The molecule has 32 heavy (non-hydrogen) atoms. The first-order valence-corrected chi connectivity index (χ1v) is 11.0. The summed E-state index contributed by atoms with van der Waals surface area (Å²) in [6.45, 7) is 4.49. The van der Waals surface area contributed by atoms with Crippen molar-refractivity contribution in [2.45, 2.75) is 70.5 Å². The molecule has 0 spiro atoms. The lowest BCUT2D eigenvalue weighted by Crippen LogP contribution is -2.55. The normalized spacial score (nSPS) is 23.1. The maximum atomic E-state index is 12.9. The van der Waals surface area contributed by atoms with E-state index in [0.29, 0.717) is 25.9 Å². The van der Waals surface area contributed by atoms with E-state index in [-0.39, 0.29) is 18.3 Å². The molecule has 0 saturated heterocycles. The third-order valence-corrected chi connectivity index (χ3v) is 5.26. The van der Waals surface area contributed by atoms with Crippen molar-refractivity contribution >= 4 is 30.2 Å². The van der Waals surface area contributed by atoms with Crippen LogP contribution in [0.4, 0.5) is 0 Å². The largest absolute Gasteiger partial charge is 0.494 e. The average molecular weight is 470 g/mol. The Labute approximate surface area is 196 Å². The van der Waals surface area contributed by atoms with Crippen LogP contribution < -0.4 is 21.1 Å². The summed E-state index contributed by atoms with van der Waals surface area (Å²) < 4.78 is 10.6. The predicted molar refractivity (Wildman–Crippen MR) is 125 cm³/mol. The number of hydrogen-bond donors (Lipinski definition) is 3. The van der Waals surface area contributed by atoms with E-state index in [1.165, 1.54) is 7.11 Å². The Morgan fingerprint density at radius 2 is 1.81 bits per heavy atom. The monoisotopic (exact) mass is 469 g/mol. The molecular weight excluding hydrogens is 434 g/mol. The van der Waals surface area contributed by atoms with Gasteiger partial charge in [-0.1, -0.05) is 32.4 Å². The molecule has 4 N–H and O–H groups in total. The molecule has 8 nitrogen and oxygen atoms in total. The number of halogens is 1. The van der Waals surface area contributed by atoms with Gasteiger partial charge in [-0.05, 0) is 55.7 Å². The molecule has 2 aliphatic rings. The molecule has 0 aliphatic carbocycles. The second-order valence-electron chi connectivity index (χ2n) is 8.43. The van der Waals surface area contributed by atoms with Gasteiger partial charge in [-0.3, -0.25) is 9.59 Å². The number of rotatable bonds is 3. The third kappa shape index (κ3) is 9.04. The van der Waals surface area contributed by atoms with Gasteiger partial charge in [-0.15, -0.1) is 12.4 Å². The molecule has 1 aromatic rings. The van der Waals surface area contributed by atoms with Gasteiger partial charge in [0.2, 0.25) is 11.8 Å². The first-order chi connectivity index (χ1) is 14.8. The number of methoxy groups -OCH3 is 1. The number of fused-ring (bicyclic) bond motifs is 15. The van der Waals surface area contributed by atoms with Crippen LogP contribution in [0.5, 0.6) is 5.75 Å². The van der Waals surface area contributed by atoms with Crippen LogP contribution in [0.25, 0.3) is 0 Å². The number of esters is 1. The molecule has 0 fully saturated rings. The minimum Gasteiger partial charge on any atom is -0.494 e. The topological polar surface area (TPSA) is 120 Å². The second-order valence-corrected chi connectivity index (χ2v) is 8.43. The van der Waals surface area contributed by atoms with Crippen LogP contribution in [-0.2, 0) is 25.5 Å². The molecule has 2 amide bonds. The average Bonchev–Trinajstić information content (AvgIpc) is 2.74. The zero-order valence-electron chi connectivity index (χ0n) is 19.1. The molecule has 3 rings (SSSR count). The fourth-order valence-electron chi connectivity index (χ4n) is 3.53. The summed E-state index contributed by atoms with van der Waals surface area (Å²) in [5.74, 6) is -0.381. The molecule has 1 aromatic carbocycles. The maximum absolute atomic E-state index is 12.9. The SMILES string of the molecule is COC(=O)[C@@H]1CCCCCOc2ccc(cc2)C[C@H](N)C(=O)N[C@@H](CC(C)C)C(=O)N1.Cl. The van der Waals surface area contributed by atoms with E-state index in [0.717, 1.165) is 30.6 Å². The van der Waals surface area contributed by atoms with Crippen molar-refractivity contribution in [2.24, 2.45) is 11.7 Å². The van der Waals surface area contributed by atoms with Crippen LogP contribution >= 0.6 is 12.4 Å². The van der Waals surface area contributed by atoms with Crippen LogP contribution in [0, 0.1) is 5.92 Å². The summed E-state index contributed by atoms with van der Waals surface area (Å²) in [4.78, 5) is 37.8. The number of nitrogens with two attached hydrogens (primary N) is 1. The van der Waals surface area contributed by atoms with Crippen LogP contribution in [0.15, 0.2) is 24.3 Å². The molecule has 9 heteroatoms. The fraction of sp³-hybridized carbons (Fsp3) is 0.609. The smallest absolute Gasteiger partial charge is 0.328 e. The van der Waals surface area contributed by atoms with Gasteiger partial charge in [0.05, 0.1) is 19.8 Å². The van der Waals surface area contributed by atoms with Gasteiger partial charge in [0.25, 0.3) is 0 Å². The Hall–Kier alpha value is -2.32. The Kier molecular flexibility index (Phi) is 12.1. The highest BCUT2D eigenvalue weighted by atomic mass is 35.5. The standard InChI is InChI=1S/C23H35N3O5.ClH/c1-15(2)13-20-22(28)25-19(23(29)30-3)7-5-4-6-12-31-17-10-8-16(9-11-17)14-18(24)21(27)26-20;/h8-11,15,18-20H,4-7,12-14,24H2,1-3H3,(H,25,28)(H,26,27);1H/t18-,19-,20-;/m0./s1. The lowest BCUT2D eigenvalue weighted by molar-refractivity contribution is -0.145. The predicted octanol–water partition coefficient (Wildman–Crippen LogP) is 2.12. The molecule has 0 radical (unpaired) electrons. The molecule has 2 bridgehead atoms. The molecule has 0 aromatic heterocycles. The van der Waals surface area contributed by atoms with E-state index in [2.05, 4.69) is 10.6 Å². The molecule has 0 unspecified atom stereocenters. The van der Waals surface area contributed by atoms with Gasteiger partial charge in [-0.2, -0.15) is 0 Å². The number of ether oxygens (including phenoxy) is 2. The van der Waals surface area contributed by atoms with Gasteiger partial charge in [0.15, 0.2) is 0 Å². The van der Waals surface area contributed by atoms with Gasteiger partial charge < -0.3 is 25.8 Å². The van der Waals surface area contributed by atoms with Crippen molar-refractivity contribution in [1.29, 1.82) is 0 Å². The molecular formula is C23H36ClN3O5. The fourth-order valence-corrected chi connectivity index (χ4v) is 3.53. The van der Waals surface area contributed by atoms with E-state index in [1.807, 2.05) is 38.1 Å². The van der Waals surface area contributed by atoms with Crippen molar-refractivity contribution in [3.05, 3.63) is 29.8 Å². The minimum atomic E-state index is -0.801. The summed E-state index contributed by atoms with van der Waals surface area (Å²) >= 11 is 0. The highest BCUT2D eigenvalue weighted by molar-refractivity contribution is 5.92. The number of nitrogens with one attached hydrogen (secondary N) is 2. The highest BCUT2D eigenvalue weighted by Gasteiger charge is 2.29.